The van der Waals surface area contributed by atoms with Gasteiger partial charge in [-0.25, -0.2) is 17.1 Å². The maximum Gasteiger partial charge on any atom is 0.211 e. The lowest BCUT2D eigenvalue weighted by Gasteiger charge is -2.33. The molecule has 0 heterocycles. The third-order valence-corrected chi connectivity index (χ3v) is 6.12. The fraction of sp³-hybridized carbons (Fsp3) is 0.625. The van der Waals surface area contributed by atoms with Crippen LogP contribution >= 0.6 is 0 Å². The molecule has 1 aliphatic rings. The van der Waals surface area contributed by atoms with E-state index in [9.17, 15) is 12.8 Å². The van der Waals surface area contributed by atoms with E-state index >= 15 is 0 Å². The summed E-state index contributed by atoms with van der Waals surface area (Å²) < 4.78 is 37.9. The van der Waals surface area contributed by atoms with Crippen molar-refractivity contribution in [1.29, 1.82) is 0 Å². The van der Waals surface area contributed by atoms with Crippen LogP contribution in [0.25, 0.3) is 0 Å². The van der Waals surface area contributed by atoms with Crippen molar-refractivity contribution in [3.8, 4) is 0 Å². The van der Waals surface area contributed by atoms with Crippen LogP contribution in [-0.2, 0) is 16.4 Å². The summed E-state index contributed by atoms with van der Waals surface area (Å²) in [5, 5.41) is 0. The fourth-order valence-corrected chi connectivity index (χ4v) is 3.97. The molecule has 1 saturated carbocycles. The lowest BCUT2D eigenvalue weighted by molar-refractivity contribution is 0.230. The smallest absolute Gasteiger partial charge is 0.211 e. The molecule has 0 bridgehead atoms. The monoisotopic (exact) mass is 328 g/mol. The molecule has 0 amide bonds. The summed E-state index contributed by atoms with van der Waals surface area (Å²) in [6.07, 6.45) is 6.83. The summed E-state index contributed by atoms with van der Waals surface area (Å²) in [7, 11) is -1.45. The maximum absolute atomic E-state index is 13.2. The van der Waals surface area contributed by atoms with Crippen LogP contribution in [0.3, 0.4) is 0 Å². The Morgan fingerprint density at radius 2 is 1.91 bits per heavy atom. The second kappa shape index (κ2) is 6.96. The molecule has 22 heavy (non-hydrogen) atoms. The molecule has 0 spiro atoms. The lowest BCUT2D eigenvalue weighted by atomic mass is 9.82. The molecule has 1 aromatic rings. The Bertz CT molecular complexity index is 611. The standard InChI is InChI=1S/C16H25FN2O2S/c1-19(22(2,20)21)15-8-4-12(5-9-15)3-6-13-11-14(17)7-10-16(13)18/h7,10-12,15H,3-6,8-9,18H2,1-2H3/t12-,15-. The molecule has 0 aromatic heterocycles. The molecule has 4 nitrogen and oxygen atoms in total. The Hall–Kier alpha value is -1.14. The SMILES string of the molecule is CN([C@H]1CC[C@H](CCc2cc(F)ccc2N)CC1)S(C)(=O)=O. The van der Waals surface area contributed by atoms with E-state index in [2.05, 4.69) is 0 Å². The van der Waals surface area contributed by atoms with E-state index in [0.717, 1.165) is 44.1 Å². The predicted molar refractivity (Wildman–Crippen MR) is 87.5 cm³/mol. The number of hydrogen-bond acceptors (Lipinski definition) is 3. The molecule has 124 valence electrons. The van der Waals surface area contributed by atoms with E-state index in [1.807, 2.05) is 0 Å². The minimum absolute atomic E-state index is 0.116. The normalized spacial score (nSPS) is 22.9. The molecule has 0 radical (unpaired) electrons. The van der Waals surface area contributed by atoms with Crippen LogP contribution in [0.15, 0.2) is 18.2 Å². The van der Waals surface area contributed by atoms with Crippen LogP contribution in [0, 0.1) is 11.7 Å². The highest BCUT2D eigenvalue weighted by molar-refractivity contribution is 7.88. The van der Waals surface area contributed by atoms with Gasteiger partial charge in [-0.3, -0.25) is 0 Å². The Morgan fingerprint density at radius 3 is 2.50 bits per heavy atom. The molecule has 0 aliphatic heterocycles. The molecular weight excluding hydrogens is 303 g/mol. The van der Waals surface area contributed by atoms with Crippen LogP contribution in [0.5, 0.6) is 0 Å². The molecule has 0 atom stereocenters. The van der Waals surface area contributed by atoms with Gasteiger partial charge >= 0.3 is 0 Å². The van der Waals surface area contributed by atoms with Crippen molar-refractivity contribution in [2.24, 2.45) is 5.92 Å². The first kappa shape index (κ1) is 17.2. The highest BCUT2D eigenvalue weighted by atomic mass is 32.2. The first-order valence-electron chi connectivity index (χ1n) is 7.74. The predicted octanol–water partition coefficient (Wildman–Crippen LogP) is 2.79. The van der Waals surface area contributed by atoms with Gasteiger partial charge in [0.1, 0.15) is 5.82 Å². The van der Waals surface area contributed by atoms with Crippen molar-refractivity contribution >= 4 is 15.7 Å². The number of rotatable bonds is 5. The number of nitrogen functional groups attached to an aromatic ring is 1. The quantitative estimate of drug-likeness (QED) is 0.845. The Balaban J connectivity index is 1.84. The second-order valence-electron chi connectivity index (χ2n) is 6.34. The number of nitrogens with two attached hydrogens (primary N) is 1. The van der Waals surface area contributed by atoms with Crippen LogP contribution in [-0.4, -0.2) is 32.1 Å². The molecular formula is C16H25FN2O2S. The van der Waals surface area contributed by atoms with Gasteiger partial charge in [0.15, 0.2) is 0 Å². The topological polar surface area (TPSA) is 63.4 Å². The van der Waals surface area contributed by atoms with Crippen LogP contribution in [0.4, 0.5) is 10.1 Å². The number of aryl methyl sites for hydroxylation is 1. The largest absolute Gasteiger partial charge is 0.399 e. The van der Waals surface area contributed by atoms with E-state index in [0.29, 0.717) is 11.6 Å². The summed E-state index contributed by atoms with van der Waals surface area (Å²) in [6.45, 7) is 0. The summed E-state index contributed by atoms with van der Waals surface area (Å²) in [5.74, 6) is 0.314. The zero-order chi connectivity index (χ0) is 16.3. The molecule has 1 aromatic carbocycles. The number of sulfonamides is 1. The van der Waals surface area contributed by atoms with E-state index in [-0.39, 0.29) is 11.9 Å². The Kier molecular flexibility index (Phi) is 5.45. The highest BCUT2D eigenvalue weighted by Gasteiger charge is 2.28. The molecule has 0 saturated heterocycles. The van der Waals surface area contributed by atoms with Crippen molar-refractivity contribution in [3.05, 3.63) is 29.6 Å². The third-order valence-electron chi connectivity index (χ3n) is 4.78. The van der Waals surface area contributed by atoms with E-state index in [4.69, 9.17) is 5.73 Å². The number of halogens is 1. The van der Waals surface area contributed by atoms with Gasteiger partial charge in [-0.2, -0.15) is 0 Å². The van der Waals surface area contributed by atoms with Crippen LogP contribution < -0.4 is 5.73 Å². The molecule has 2 rings (SSSR count). The van der Waals surface area contributed by atoms with Gasteiger partial charge in [0.2, 0.25) is 10.0 Å². The molecule has 1 aliphatic carbocycles. The van der Waals surface area contributed by atoms with E-state index in [1.54, 1.807) is 13.1 Å². The van der Waals surface area contributed by atoms with Crippen molar-refractivity contribution in [1.82, 2.24) is 4.31 Å². The first-order valence-corrected chi connectivity index (χ1v) is 9.59. The summed E-state index contributed by atoms with van der Waals surface area (Å²) >= 11 is 0. The fourth-order valence-electron chi connectivity index (χ4n) is 3.22. The third kappa shape index (κ3) is 4.43. The minimum Gasteiger partial charge on any atom is -0.399 e. The van der Waals surface area contributed by atoms with Crippen molar-refractivity contribution in [2.45, 2.75) is 44.6 Å². The van der Waals surface area contributed by atoms with Gasteiger partial charge in [-0.15, -0.1) is 0 Å². The first-order chi connectivity index (χ1) is 10.3. The number of hydrogen-bond donors (Lipinski definition) is 1. The summed E-state index contributed by atoms with van der Waals surface area (Å²) in [5.41, 5.74) is 7.39. The van der Waals surface area contributed by atoms with Gasteiger partial charge < -0.3 is 5.73 Å². The molecule has 1 fully saturated rings. The Labute approximate surface area is 132 Å². The highest BCUT2D eigenvalue weighted by Crippen LogP contribution is 2.31. The average Bonchev–Trinajstić information content (AvgIpc) is 2.47. The van der Waals surface area contributed by atoms with Gasteiger partial charge in [0.05, 0.1) is 6.26 Å². The van der Waals surface area contributed by atoms with Crippen LogP contribution in [0.1, 0.15) is 37.7 Å². The van der Waals surface area contributed by atoms with E-state index in [1.165, 1.54) is 22.7 Å². The number of nitrogens with zero attached hydrogens (tertiary/aromatic N) is 1. The molecule has 2 N–H and O–H groups in total. The van der Waals surface area contributed by atoms with E-state index < -0.39 is 10.0 Å². The maximum atomic E-state index is 13.2. The minimum atomic E-state index is -3.11. The molecule has 0 unspecified atom stereocenters. The van der Waals surface area contributed by atoms with Gasteiger partial charge in [0, 0.05) is 18.8 Å². The lowest BCUT2D eigenvalue weighted by Crippen LogP contribution is -2.38. The summed E-state index contributed by atoms with van der Waals surface area (Å²) in [6, 6.07) is 4.62. The van der Waals surface area contributed by atoms with Crippen LogP contribution in [0.2, 0.25) is 0 Å². The number of benzene rings is 1. The van der Waals surface area contributed by atoms with Gasteiger partial charge in [0.25, 0.3) is 0 Å². The Morgan fingerprint density at radius 1 is 1.27 bits per heavy atom. The molecule has 6 heteroatoms. The van der Waals surface area contributed by atoms with Gasteiger partial charge in [-0.05, 0) is 68.2 Å². The zero-order valence-electron chi connectivity index (χ0n) is 13.3. The average molecular weight is 328 g/mol. The zero-order valence-corrected chi connectivity index (χ0v) is 14.1. The second-order valence-corrected chi connectivity index (χ2v) is 8.38. The van der Waals surface area contributed by atoms with Crippen molar-refractivity contribution < 1.29 is 12.8 Å². The number of anilines is 1. The van der Waals surface area contributed by atoms with Gasteiger partial charge in [-0.1, -0.05) is 0 Å². The van der Waals surface area contributed by atoms with Crippen molar-refractivity contribution in [3.63, 3.8) is 0 Å². The summed E-state index contributed by atoms with van der Waals surface area (Å²) in [4.78, 5) is 0. The van der Waals surface area contributed by atoms with Crippen molar-refractivity contribution in [2.75, 3.05) is 19.0 Å².